The molecule has 0 saturated heterocycles. The molecule has 0 saturated carbocycles. The summed E-state index contributed by atoms with van der Waals surface area (Å²) in [4.78, 5) is 4.44. The monoisotopic (exact) mass is 296 g/mol. The van der Waals surface area contributed by atoms with Crippen LogP contribution in [0.1, 0.15) is 18.3 Å². The van der Waals surface area contributed by atoms with Gasteiger partial charge < -0.3 is 14.4 Å². The van der Waals surface area contributed by atoms with Crippen LogP contribution in [0.4, 0.5) is 0 Å². The van der Waals surface area contributed by atoms with Gasteiger partial charge in [-0.25, -0.2) is 4.98 Å². The molecule has 0 unspecified atom stereocenters. The maximum absolute atomic E-state index is 9.47. The first-order valence-electron chi connectivity index (χ1n) is 7.58. The maximum Gasteiger partial charge on any atom is 0.135 e. The van der Waals surface area contributed by atoms with Crippen LogP contribution >= 0.6 is 0 Å². The number of nitrogens with zero attached hydrogens (tertiary/aromatic N) is 2. The molecule has 0 bridgehead atoms. The third-order valence-electron chi connectivity index (χ3n) is 3.79. The highest BCUT2D eigenvalue weighted by Gasteiger charge is 2.09. The van der Waals surface area contributed by atoms with E-state index in [1.165, 1.54) is 5.56 Å². The largest absolute Gasteiger partial charge is 0.492 e. The molecule has 1 aromatic heterocycles. The molecule has 2 aromatic carbocycles. The van der Waals surface area contributed by atoms with Gasteiger partial charge in [-0.1, -0.05) is 31.2 Å². The zero-order chi connectivity index (χ0) is 15.4. The predicted molar refractivity (Wildman–Crippen MR) is 87.0 cm³/mol. The van der Waals surface area contributed by atoms with Crippen molar-refractivity contribution in [2.45, 2.75) is 26.5 Å². The number of aromatic nitrogens is 2. The second-order valence-corrected chi connectivity index (χ2v) is 5.17. The average molecular weight is 296 g/mol. The summed E-state index contributed by atoms with van der Waals surface area (Å²) in [6, 6.07) is 16.1. The van der Waals surface area contributed by atoms with E-state index in [0.29, 0.717) is 19.0 Å². The number of rotatable bonds is 6. The number of imidazole rings is 1. The molecule has 4 heteroatoms. The van der Waals surface area contributed by atoms with Gasteiger partial charge in [0.15, 0.2) is 0 Å². The van der Waals surface area contributed by atoms with Gasteiger partial charge in [-0.2, -0.15) is 0 Å². The van der Waals surface area contributed by atoms with Crippen LogP contribution in [0, 0.1) is 0 Å². The Morgan fingerprint density at radius 3 is 2.59 bits per heavy atom. The van der Waals surface area contributed by atoms with Crippen molar-refractivity contribution in [3.05, 3.63) is 59.9 Å². The minimum absolute atomic E-state index is 0.0696. The first-order valence-corrected chi connectivity index (χ1v) is 7.58. The standard InChI is InChI=1S/C18H20N2O2/c1-2-14-7-9-15(10-8-14)22-12-11-20-17-6-4-3-5-16(17)19-18(20)13-21/h3-10,21H,2,11-13H2,1H3. The van der Waals surface area contributed by atoms with Crippen molar-refractivity contribution in [2.75, 3.05) is 6.61 Å². The molecule has 1 N–H and O–H groups in total. The van der Waals surface area contributed by atoms with E-state index in [1.54, 1.807) is 0 Å². The van der Waals surface area contributed by atoms with Gasteiger partial charge in [0.2, 0.25) is 0 Å². The van der Waals surface area contributed by atoms with Crippen molar-refractivity contribution in [3.63, 3.8) is 0 Å². The van der Waals surface area contributed by atoms with Gasteiger partial charge in [0, 0.05) is 0 Å². The van der Waals surface area contributed by atoms with Crippen molar-refractivity contribution < 1.29 is 9.84 Å². The zero-order valence-electron chi connectivity index (χ0n) is 12.7. The molecule has 0 amide bonds. The van der Waals surface area contributed by atoms with Crippen LogP contribution < -0.4 is 4.74 Å². The third kappa shape index (κ3) is 2.97. The van der Waals surface area contributed by atoms with E-state index >= 15 is 0 Å². The van der Waals surface area contributed by atoms with Crippen molar-refractivity contribution in [1.82, 2.24) is 9.55 Å². The highest BCUT2D eigenvalue weighted by atomic mass is 16.5. The van der Waals surface area contributed by atoms with Gasteiger partial charge in [0.25, 0.3) is 0 Å². The summed E-state index contributed by atoms with van der Waals surface area (Å²) >= 11 is 0. The minimum atomic E-state index is -0.0696. The van der Waals surface area contributed by atoms with Crippen molar-refractivity contribution in [1.29, 1.82) is 0 Å². The lowest BCUT2D eigenvalue weighted by atomic mass is 10.2. The fourth-order valence-corrected chi connectivity index (χ4v) is 2.57. The minimum Gasteiger partial charge on any atom is -0.492 e. The molecule has 22 heavy (non-hydrogen) atoms. The molecule has 0 spiro atoms. The van der Waals surface area contributed by atoms with Crippen LogP contribution in [-0.4, -0.2) is 21.3 Å². The number of ether oxygens (including phenoxy) is 1. The second-order valence-electron chi connectivity index (χ2n) is 5.17. The Labute approximate surface area is 130 Å². The van der Waals surface area contributed by atoms with E-state index in [1.807, 2.05) is 41.0 Å². The summed E-state index contributed by atoms with van der Waals surface area (Å²) in [6.45, 7) is 3.26. The smallest absolute Gasteiger partial charge is 0.135 e. The lowest BCUT2D eigenvalue weighted by molar-refractivity contribution is 0.255. The summed E-state index contributed by atoms with van der Waals surface area (Å²) in [5.41, 5.74) is 3.23. The summed E-state index contributed by atoms with van der Waals surface area (Å²) < 4.78 is 7.81. The topological polar surface area (TPSA) is 47.3 Å². The van der Waals surface area contributed by atoms with E-state index in [2.05, 4.69) is 24.0 Å². The summed E-state index contributed by atoms with van der Waals surface area (Å²) in [6.07, 6.45) is 1.03. The molecule has 4 nitrogen and oxygen atoms in total. The molecule has 0 atom stereocenters. The summed E-state index contributed by atoms with van der Waals surface area (Å²) in [5, 5.41) is 9.47. The Morgan fingerprint density at radius 2 is 1.86 bits per heavy atom. The first-order chi connectivity index (χ1) is 10.8. The van der Waals surface area contributed by atoms with Crippen molar-refractivity contribution in [3.8, 4) is 5.75 Å². The number of hydrogen-bond donors (Lipinski definition) is 1. The van der Waals surface area contributed by atoms with Gasteiger partial charge in [0.1, 0.15) is 24.8 Å². The van der Waals surface area contributed by atoms with Crippen LogP contribution in [0.5, 0.6) is 5.75 Å². The van der Waals surface area contributed by atoms with Gasteiger partial charge in [-0.15, -0.1) is 0 Å². The second kappa shape index (κ2) is 6.62. The lowest BCUT2D eigenvalue weighted by Gasteiger charge is -2.10. The Morgan fingerprint density at radius 1 is 1.09 bits per heavy atom. The van der Waals surface area contributed by atoms with E-state index in [-0.39, 0.29) is 6.61 Å². The number of aliphatic hydroxyl groups is 1. The van der Waals surface area contributed by atoms with Gasteiger partial charge in [-0.3, -0.25) is 0 Å². The van der Waals surface area contributed by atoms with E-state index < -0.39 is 0 Å². The van der Waals surface area contributed by atoms with Gasteiger partial charge in [-0.05, 0) is 36.2 Å². The molecule has 0 aliphatic heterocycles. The predicted octanol–water partition coefficient (Wildman–Crippen LogP) is 3.17. The van der Waals surface area contributed by atoms with Crippen LogP contribution in [0.2, 0.25) is 0 Å². The fourth-order valence-electron chi connectivity index (χ4n) is 2.57. The van der Waals surface area contributed by atoms with Crippen LogP contribution in [-0.2, 0) is 19.6 Å². The number of hydrogen-bond acceptors (Lipinski definition) is 3. The number of para-hydroxylation sites is 2. The number of benzene rings is 2. The normalized spacial score (nSPS) is 11.0. The highest BCUT2D eigenvalue weighted by molar-refractivity contribution is 5.75. The molecule has 3 rings (SSSR count). The zero-order valence-corrected chi connectivity index (χ0v) is 12.7. The molecule has 0 radical (unpaired) electrons. The molecule has 0 aliphatic carbocycles. The van der Waals surface area contributed by atoms with Crippen LogP contribution in [0.15, 0.2) is 48.5 Å². The van der Waals surface area contributed by atoms with Crippen LogP contribution in [0.25, 0.3) is 11.0 Å². The molecule has 0 aliphatic rings. The molecule has 3 aromatic rings. The number of aliphatic hydroxyl groups excluding tert-OH is 1. The fraction of sp³-hybridized carbons (Fsp3) is 0.278. The Kier molecular flexibility index (Phi) is 4.39. The van der Waals surface area contributed by atoms with Gasteiger partial charge >= 0.3 is 0 Å². The first kappa shape index (κ1) is 14.6. The SMILES string of the molecule is CCc1ccc(OCCn2c(CO)nc3ccccc32)cc1. The lowest BCUT2D eigenvalue weighted by Crippen LogP contribution is -2.11. The maximum atomic E-state index is 9.47. The summed E-state index contributed by atoms with van der Waals surface area (Å²) in [5.74, 6) is 1.54. The molecule has 1 heterocycles. The Bertz CT molecular complexity index is 747. The van der Waals surface area contributed by atoms with Crippen LogP contribution in [0.3, 0.4) is 0 Å². The third-order valence-corrected chi connectivity index (χ3v) is 3.79. The molecular formula is C18H20N2O2. The average Bonchev–Trinajstić information content (AvgIpc) is 2.93. The van der Waals surface area contributed by atoms with Crippen molar-refractivity contribution in [2.24, 2.45) is 0 Å². The highest BCUT2D eigenvalue weighted by Crippen LogP contribution is 2.17. The van der Waals surface area contributed by atoms with Gasteiger partial charge in [0.05, 0.1) is 17.6 Å². The summed E-state index contributed by atoms with van der Waals surface area (Å²) in [7, 11) is 0. The number of aryl methyl sites for hydroxylation is 1. The van der Waals surface area contributed by atoms with Crippen molar-refractivity contribution >= 4 is 11.0 Å². The molecule has 114 valence electrons. The Hall–Kier alpha value is -2.33. The molecular weight excluding hydrogens is 276 g/mol. The Balaban J connectivity index is 1.70. The van der Waals surface area contributed by atoms with E-state index in [9.17, 15) is 5.11 Å². The van der Waals surface area contributed by atoms with E-state index in [4.69, 9.17) is 4.74 Å². The quantitative estimate of drug-likeness (QED) is 0.760. The molecule has 0 fully saturated rings. The van der Waals surface area contributed by atoms with E-state index in [0.717, 1.165) is 23.2 Å². The number of fused-ring (bicyclic) bond motifs is 1.